The average Bonchev–Trinajstić information content (AvgIpc) is 2.71. The molecule has 0 saturated carbocycles. The minimum absolute atomic E-state index is 0.197. The van der Waals surface area contributed by atoms with Gasteiger partial charge in [0.15, 0.2) is 0 Å². The molecule has 158 valence electrons. The summed E-state index contributed by atoms with van der Waals surface area (Å²) >= 11 is 1.86. The fourth-order valence-electron chi connectivity index (χ4n) is 4.81. The highest BCUT2D eigenvalue weighted by molar-refractivity contribution is 7.99. The first-order chi connectivity index (χ1) is 14.2. The van der Waals surface area contributed by atoms with Gasteiger partial charge in [-0.25, -0.2) is 0 Å². The van der Waals surface area contributed by atoms with E-state index < -0.39 is 6.10 Å². The summed E-state index contributed by atoms with van der Waals surface area (Å²) < 4.78 is 0. The number of hydrogen-bond donors (Lipinski definition) is 1. The molecule has 30 heavy (non-hydrogen) atoms. The van der Waals surface area contributed by atoms with Crippen LogP contribution in [0.3, 0.4) is 0 Å². The van der Waals surface area contributed by atoms with Crippen molar-refractivity contribution in [1.82, 2.24) is 0 Å². The van der Waals surface area contributed by atoms with E-state index in [1.54, 1.807) is 0 Å². The van der Waals surface area contributed by atoms with Gasteiger partial charge in [-0.05, 0) is 80.6 Å². The number of aliphatic hydroxyl groups excluding tert-OH is 1. The predicted octanol–water partition coefficient (Wildman–Crippen LogP) is 7.58. The van der Waals surface area contributed by atoms with E-state index in [9.17, 15) is 5.11 Å². The lowest BCUT2D eigenvalue weighted by molar-refractivity contribution is 0.178. The highest BCUT2D eigenvalue weighted by Crippen LogP contribution is 2.46. The van der Waals surface area contributed by atoms with Crippen LogP contribution in [0, 0.1) is 0 Å². The summed E-state index contributed by atoms with van der Waals surface area (Å²) in [7, 11) is 0. The Hall–Kier alpha value is -1.77. The van der Waals surface area contributed by atoms with Crippen molar-refractivity contribution in [3.05, 3.63) is 76.9 Å². The number of aliphatic hydroxyl groups is 1. The lowest BCUT2D eigenvalue weighted by Crippen LogP contribution is -2.33. The summed E-state index contributed by atoms with van der Waals surface area (Å²) in [6, 6.07) is 19.9. The maximum atomic E-state index is 11.0. The Morgan fingerprint density at radius 1 is 0.833 bits per heavy atom. The molecule has 2 heteroatoms. The van der Waals surface area contributed by atoms with Crippen molar-refractivity contribution in [3.63, 3.8) is 0 Å². The number of fused-ring (bicyclic) bond motifs is 2. The molecule has 3 aromatic carbocycles. The second-order valence-corrected chi connectivity index (χ2v) is 11.4. The summed E-state index contributed by atoms with van der Waals surface area (Å²) in [4.78, 5) is 1.30. The summed E-state index contributed by atoms with van der Waals surface area (Å²) in [5, 5.41) is 13.4. The van der Waals surface area contributed by atoms with Crippen molar-refractivity contribution in [2.45, 2.75) is 75.7 Å². The molecule has 0 aromatic heterocycles. The second kappa shape index (κ2) is 8.05. The summed E-state index contributed by atoms with van der Waals surface area (Å²) in [5.74, 6) is 1.08. The summed E-state index contributed by atoms with van der Waals surface area (Å²) in [5.41, 5.74) is 5.59. The van der Waals surface area contributed by atoms with E-state index >= 15 is 0 Å². The van der Waals surface area contributed by atoms with Crippen LogP contribution >= 0.6 is 11.8 Å². The van der Waals surface area contributed by atoms with Crippen LogP contribution in [-0.4, -0.2) is 10.9 Å². The van der Waals surface area contributed by atoms with Gasteiger partial charge in [0, 0.05) is 11.3 Å². The van der Waals surface area contributed by atoms with Gasteiger partial charge in [-0.3, -0.25) is 0 Å². The van der Waals surface area contributed by atoms with Gasteiger partial charge in [0.1, 0.15) is 0 Å². The molecule has 1 N–H and O–H groups in total. The third-order valence-electron chi connectivity index (χ3n) is 6.88. The van der Waals surface area contributed by atoms with Gasteiger partial charge in [-0.1, -0.05) is 71.0 Å². The van der Waals surface area contributed by atoms with Crippen molar-refractivity contribution in [2.75, 3.05) is 5.75 Å². The first-order valence-electron chi connectivity index (χ1n) is 11.2. The Labute approximate surface area is 185 Å². The monoisotopic (exact) mass is 418 g/mol. The number of thioether (sulfide) groups is 1. The van der Waals surface area contributed by atoms with Crippen molar-refractivity contribution >= 4 is 22.5 Å². The molecule has 1 nitrogen and oxygen atoms in total. The summed E-state index contributed by atoms with van der Waals surface area (Å²) in [6.45, 7) is 11.6. The van der Waals surface area contributed by atoms with Gasteiger partial charge in [-0.2, -0.15) is 0 Å². The van der Waals surface area contributed by atoms with Crippen molar-refractivity contribution in [1.29, 1.82) is 0 Å². The van der Waals surface area contributed by atoms with E-state index in [1.807, 2.05) is 11.8 Å². The third-order valence-corrected chi connectivity index (χ3v) is 7.75. The van der Waals surface area contributed by atoms with E-state index in [0.717, 1.165) is 11.3 Å². The van der Waals surface area contributed by atoms with Gasteiger partial charge < -0.3 is 5.11 Å². The second-order valence-electron chi connectivity index (χ2n) is 10.1. The smallest absolute Gasteiger partial charge is 0.0830 e. The Balaban J connectivity index is 1.59. The van der Waals surface area contributed by atoms with Gasteiger partial charge in [-0.15, -0.1) is 11.8 Å². The number of hydrogen-bond acceptors (Lipinski definition) is 2. The lowest BCUT2D eigenvalue weighted by atomic mass is 9.63. The molecule has 1 aliphatic carbocycles. The molecule has 3 aromatic rings. The topological polar surface area (TPSA) is 20.2 Å². The molecule has 4 rings (SSSR count). The van der Waals surface area contributed by atoms with Gasteiger partial charge in [0.05, 0.1) is 6.10 Å². The molecule has 0 fully saturated rings. The molecule has 1 unspecified atom stereocenters. The van der Waals surface area contributed by atoms with E-state index in [-0.39, 0.29) is 10.8 Å². The Bertz CT molecular complexity index is 1060. The van der Waals surface area contributed by atoms with Gasteiger partial charge in [0.2, 0.25) is 0 Å². The molecule has 1 aliphatic rings. The molecule has 1 atom stereocenters. The minimum atomic E-state index is -0.489. The van der Waals surface area contributed by atoms with Crippen LogP contribution in [-0.2, 0) is 17.3 Å². The zero-order valence-corrected chi connectivity index (χ0v) is 19.8. The van der Waals surface area contributed by atoms with Crippen LogP contribution in [0.4, 0.5) is 0 Å². The quantitative estimate of drug-likeness (QED) is 0.431. The Morgan fingerprint density at radius 2 is 1.50 bits per heavy atom. The fourth-order valence-corrected chi connectivity index (χ4v) is 5.52. The van der Waals surface area contributed by atoms with Crippen LogP contribution in [0.15, 0.2) is 59.5 Å². The predicted molar refractivity (Wildman–Crippen MR) is 131 cm³/mol. The summed E-state index contributed by atoms with van der Waals surface area (Å²) in [6.07, 6.45) is 2.60. The largest absolute Gasteiger partial charge is 0.388 e. The maximum Gasteiger partial charge on any atom is 0.0830 e. The van der Waals surface area contributed by atoms with Crippen molar-refractivity contribution < 1.29 is 5.11 Å². The molecule has 0 aliphatic heterocycles. The van der Waals surface area contributed by atoms with Crippen LogP contribution in [0.1, 0.15) is 75.8 Å². The molecule has 0 radical (unpaired) electrons. The molecule has 0 spiro atoms. The normalized spacial score (nSPS) is 18.2. The highest BCUT2D eigenvalue weighted by atomic mass is 32.2. The zero-order valence-electron chi connectivity index (χ0n) is 19.0. The SMILES string of the molecule is CCSc1ccc2cc(C(O)Cc3ccc4c(c3)C(C)(C)CCC4(C)C)ccc2c1. The molecular formula is C28H34OS. The molecule has 0 heterocycles. The van der Waals surface area contributed by atoms with Crippen LogP contribution in [0.2, 0.25) is 0 Å². The van der Waals surface area contributed by atoms with E-state index in [2.05, 4.69) is 89.2 Å². The maximum absolute atomic E-state index is 11.0. The van der Waals surface area contributed by atoms with Crippen molar-refractivity contribution in [2.24, 2.45) is 0 Å². The van der Waals surface area contributed by atoms with Gasteiger partial charge in [0.25, 0.3) is 0 Å². The fraction of sp³-hybridized carbons (Fsp3) is 0.429. The molecule has 0 saturated heterocycles. The zero-order chi connectivity index (χ0) is 21.5. The molecular weight excluding hydrogens is 384 g/mol. The number of benzene rings is 3. The molecule has 0 bridgehead atoms. The van der Waals surface area contributed by atoms with Crippen molar-refractivity contribution in [3.8, 4) is 0 Å². The molecule has 0 amide bonds. The standard InChI is InChI=1S/C28H34OS/c1-6-30-23-11-10-20-17-22(9-8-21(20)18-23)26(29)16-19-7-12-24-25(15-19)28(4,5)14-13-27(24,2)3/h7-12,15,17-18,26,29H,6,13-14,16H2,1-5H3. The van der Waals surface area contributed by atoms with Crippen LogP contribution in [0.25, 0.3) is 10.8 Å². The van der Waals surface area contributed by atoms with E-state index in [0.29, 0.717) is 6.42 Å². The number of rotatable bonds is 5. The Kier molecular flexibility index (Phi) is 5.76. The average molecular weight is 419 g/mol. The van der Waals surface area contributed by atoms with E-state index in [4.69, 9.17) is 0 Å². The first-order valence-corrected chi connectivity index (χ1v) is 12.2. The lowest BCUT2D eigenvalue weighted by Gasteiger charge is -2.42. The third kappa shape index (κ3) is 4.18. The van der Waals surface area contributed by atoms with Crippen LogP contribution in [0.5, 0.6) is 0 Å². The first kappa shape index (κ1) is 21.5. The van der Waals surface area contributed by atoms with Gasteiger partial charge >= 0.3 is 0 Å². The highest BCUT2D eigenvalue weighted by Gasteiger charge is 2.36. The Morgan fingerprint density at radius 3 is 2.23 bits per heavy atom. The van der Waals surface area contributed by atoms with Crippen LogP contribution < -0.4 is 0 Å². The minimum Gasteiger partial charge on any atom is -0.388 e. The van der Waals surface area contributed by atoms with E-state index in [1.165, 1.54) is 45.2 Å².